The van der Waals surface area contributed by atoms with Gasteiger partial charge in [0.05, 0.1) is 0 Å². The Bertz CT molecular complexity index is 863. The topological polar surface area (TPSA) is 46.9 Å². The lowest BCUT2D eigenvalue weighted by Gasteiger charge is -2.10. The van der Waals surface area contributed by atoms with Crippen molar-refractivity contribution in [2.45, 2.75) is 27.3 Å². The summed E-state index contributed by atoms with van der Waals surface area (Å²) < 4.78 is 2.07. The minimum absolute atomic E-state index is 0.0888. The van der Waals surface area contributed by atoms with Gasteiger partial charge >= 0.3 is 0 Å². The standard InChI is InChI=1S/C20H21N3O/c1-14-4-5-15(2)19(12-14)22-20(24)18-8-6-17(7-9-18)13-23-11-10-21-16(23)3/h4-12H,13H2,1-3H3,(H,22,24). The third-order valence-corrected chi connectivity index (χ3v) is 4.13. The molecule has 1 N–H and O–H groups in total. The molecule has 1 heterocycles. The maximum atomic E-state index is 12.4. The number of imidazole rings is 1. The SMILES string of the molecule is Cc1ccc(C)c(NC(=O)c2ccc(Cn3ccnc3C)cc2)c1. The Morgan fingerprint density at radius 3 is 2.50 bits per heavy atom. The van der Waals surface area contributed by atoms with E-state index in [0.717, 1.165) is 34.7 Å². The van der Waals surface area contributed by atoms with E-state index in [0.29, 0.717) is 5.56 Å². The van der Waals surface area contributed by atoms with E-state index in [4.69, 9.17) is 0 Å². The van der Waals surface area contributed by atoms with Crippen LogP contribution in [0.4, 0.5) is 5.69 Å². The monoisotopic (exact) mass is 319 g/mol. The molecule has 3 rings (SSSR count). The van der Waals surface area contributed by atoms with Gasteiger partial charge in [0, 0.05) is 30.2 Å². The fraction of sp³-hybridized carbons (Fsp3) is 0.200. The van der Waals surface area contributed by atoms with Crippen LogP contribution in [0, 0.1) is 20.8 Å². The van der Waals surface area contributed by atoms with Crippen molar-refractivity contribution in [2.24, 2.45) is 0 Å². The van der Waals surface area contributed by atoms with Crippen molar-refractivity contribution >= 4 is 11.6 Å². The van der Waals surface area contributed by atoms with Crippen LogP contribution in [0.25, 0.3) is 0 Å². The molecule has 3 aromatic rings. The first-order valence-corrected chi connectivity index (χ1v) is 7.98. The normalized spacial score (nSPS) is 10.6. The van der Waals surface area contributed by atoms with Gasteiger partial charge in [-0.05, 0) is 55.7 Å². The molecule has 122 valence electrons. The van der Waals surface area contributed by atoms with Crippen molar-refractivity contribution in [3.8, 4) is 0 Å². The maximum absolute atomic E-state index is 12.4. The molecule has 0 bridgehead atoms. The molecule has 0 saturated heterocycles. The van der Waals surface area contributed by atoms with E-state index in [1.54, 1.807) is 6.20 Å². The molecule has 2 aromatic carbocycles. The molecule has 24 heavy (non-hydrogen) atoms. The van der Waals surface area contributed by atoms with Gasteiger partial charge in [0.15, 0.2) is 0 Å². The molecule has 0 fully saturated rings. The van der Waals surface area contributed by atoms with E-state index < -0.39 is 0 Å². The summed E-state index contributed by atoms with van der Waals surface area (Å²) in [6.45, 7) is 6.74. The number of anilines is 1. The van der Waals surface area contributed by atoms with Gasteiger partial charge in [0.25, 0.3) is 5.91 Å². The molecule has 0 saturated carbocycles. The molecule has 0 spiro atoms. The first-order chi connectivity index (χ1) is 11.5. The average Bonchev–Trinajstić information content (AvgIpc) is 2.96. The summed E-state index contributed by atoms with van der Waals surface area (Å²) in [5.74, 6) is 0.890. The van der Waals surface area contributed by atoms with Crippen LogP contribution in [0.5, 0.6) is 0 Å². The van der Waals surface area contributed by atoms with Crippen molar-refractivity contribution in [1.82, 2.24) is 9.55 Å². The number of nitrogens with one attached hydrogen (secondary N) is 1. The second-order valence-electron chi connectivity index (χ2n) is 6.07. The van der Waals surface area contributed by atoms with Crippen molar-refractivity contribution in [1.29, 1.82) is 0 Å². The highest BCUT2D eigenvalue weighted by Gasteiger charge is 2.08. The van der Waals surface area contributed by atoms with E-state index in [1.165, 1.54) is 0 Å². The Hall–Kier alpha value is -2.88. The van der Waals surface area contributed by atoms with Crippen LogP contribution in [-0.4, -0.2) is 15.5 Å². The number of hydrogen-bond acceptors (Lipinski definition) is 2. The molecule has 0 atom stereocenters. The number of benzene rings is 2. The highest BCUT2D eigenvalue weighted by molar-refractivity contribution is 6.04. The van der Waals surface area contributed by atoms with Crippen LogP contribution in [0.2, 0.25) is 0 Å². The van der Waals surface area contributed by atoms with Crippen molar-refractivity contribution in [3.05, 3.63) is 82.9 Å². The number of hydrogen-bond donors (Lipinski definition) is 1. The van der Waals surface area contributed by atoms with Gasteiger partial charge in [-0.3, -0.25) is 4.79 Å². The number of carbonyl (C=O) groups excluding carboxylic acids is 1. The summed E-state index contributed by atoms with van der Waals surface area (Å²) in [5.41, 5.74) is 4.84. The number of aryl methyl sites for hydroxylation is 3. The quantitative estimate of drug-likeness (QED) is 0.786. The summed E-state index contributed by atoms with van der Waals surface area (Å²) in [6.07, 6.45) is 3.75. The zero-order valence-corrected chi connectivity index (χ0v) is 14.2. The van der Waals surface area contributed by atoms with Crippen molar-refractivity contribution < 1.29 is 4.79 Å². The molecule has 0 aliphatic rings. The molecule has 0 unspecified atom stereocenters. The minimum Gasteiger partial charge on any atom is -0.331 e. The lowest BCUT2D eigenvalue weighted by Crippen LogP contribution is -2.13. The lowest BCUT2D eigenvalue weighted by atomic mass is 10.1. The first-order valence-electron chi connectivity index (χ1n) is 7.98. The number of rotatable bonds is 4. The Morgan fingerprint density at radius 1 is 1.08 bits per heavy atom. The summed E-state index contributed by atoms with van der Waals surface area (Å²) in [6, 6.07) is 13.7. The molecule has 4 nitrogen and oxygen atoms in total. The molecular weight excluding hydrogens is 298 g/mol. The van der Waals surface area contributed by atoms with Crippen LogP contribution in [0.15, 0.2) is 54.9 Å². The van der Waals surface area contributed by atoms with Gasteiger partial charge in [-0.1, -0.05) is 24.3 Å². The van der Waals surface area contributed by atoms with Crippen LogP contribution in [0.3, 0.4) is 0 Å². The fourth-order valence-electron chi connectivity index (χ4n) is 2.59. The van der Waals surface area contributed by atoms with Crippen molar-refractivity contribution in [2.75, 3.05) is 5.32 Å². The summed E-state index contributed by atoms with van der Waals surface area (Å²) >= 11 is 0. The molecule has 4 heteroatoms. The van der Waals surface area contributed by atoms with Crippen LogP contribution < -0.4 is 5.32 Å². The summed E-state index contributed by atoms with van der Waals surface area (Å²) in [5, 5.41) is 2.99. The number of aromatic nitrogens is 2. The van der Waals surface area contributed by atoms with E-state index in [-0.39, 0.29) is 5.91 Å². The average molecular weight is 319 g/mol. The van der Waals surface area contributed by atoms with Gasteiger partial charge in [-0.25, -0.2) is 4.98 Å². The van der Waals surface area contributed by atoms with E-state index in [1.807, 2.05) is 69.4 Å². The van der Waals surface area contributed by atoms with E-state index >= 15 is 0 Å². The van der Waals surface area contributed by atoms with Gasteiger partial charge < -0.3 is 9.88 Å². The summed E-state index contributed by atoms with van der Waals surface area (Å²) in [7, 11) is 0. The van der Waals surface area contributed by atoms with Gasteiger partial charge in [0.1, 0.15) is 5.82 Å². The molecule has 1 amide bonds. The zero-order chi connectivity index (χ0) is 17.1. The Labute approximate surface area is 142 Å². The highest BCUT2D eigenvalue weighted by atomic mass is 16.1. The molecule has 1 aromatic heterocycles. The second kappa shape index (κ2) is 6.71. The van der Waals surface area contributed by atoms with Gasteiger partial charge in [-0.15, -0.1) is 0 Å². The number of amides is 1. The smallest absolute Gasteiger partial charge is 0.255 e. The van der Waals surface area contributed by atoms with E-state index in [9.17, 15) is 4.79 Å². The third kappa shape index (κ3) is 3.54. The van der Waals surface area contributed by atoms with Crippen LogP contribution >= 0.6 is 0 Å². The predicted molar refractivity (Wildman–Crippen MR) is 96.4 cm³/mol. The Balaban J connectivity index is 1.72. The number of nitrogens with zero attached hydrogens (tertiary/aromatic N) is 2. The highest BCUT2D eigenvalue weighted by Crippen LogP contribution is 2.18. The Morgan fingerprint density at radius 2 is 1.83 bits per heavy atom. The zero-order valence-electron chi connectivity index (χ0n) is 14.2. The molecular formula is C20H21N3O. The second-order valence-corrected chi connectivity index (χ2v) is 6.07. The largest absolute Gasteiger partial charge is 0.331 e. The molecule has 0 aliphatic carbocycles. The first kappa shape index (κ1) is 16.0. The fourth-order valence-corrected chi connectivity index (χ4v) is 2.59. The molecule has 0 aliphatic heterocycles. The minimum atomic E-state index is -0.0888. The number of carbonyl (C=O) groups is 1. The maximum Gasteiger partial charge on any atom is 0.255 e. The van der Waals surface area contributed by atoms with Gasteiger partial charge in [-0.2, -0.15) is 0 Å². The van der Waals surface area contributed by atoms with Crippen molar-refractivity contribution in [3.63, 3.8) is 0 Å². The van der Waals surface area contributed by atoms with Gasteiger partial charge in [0.2, 0.25) is 0 Å². The predicted octanol–water partition coefficient (Wildman–Crippen LogP) is 4.11. The van der Waals surface area contributed by atoms with E-state index in [2.05, 4.69) is 14.9 Å². The lowest BCUT2D eigenvalue weighted by molar-refractivity contribution is 0.102. The van der Waals surface area contributed by atoms with Crippen LogP contribution in [0.1, 0.15) is 32.9 Å². The third-order valence-electron chi connectivity index (χ3n) is 4.13. The molecule has 0 radical (unpaired) electrons. The van der Waals surface area contributed by atoms with Crippen LogP contribution in [-0.2, 0) is 6.54 Å². The Kier molecular flexibility index (Phi) is 4.47. The summed E-state index contributed by atoms with van der Waals surface area (Å²) in [4.78, 5) is 16.7.